The van der Waals surface area contributed by atoms with Crippen LogP contribution in [0, 0.1) is 13.8 Å². The van der Waals surface area contributed by atoms with Gasteiger partial charge in [0.25, 0.3) is 0 Å². The molecule has 0 aliphatic heterocycles. The summed E-state index contributed by atoms with van der Waals surface area (Å²) >= 11 is 0. The molecular formula is C26H23OP. The van der Waals surface area contributed by atoms with E-state index in [1.54, 1.807) is 0 Å². The third-order valence-electron chi connectivity index (χ3n) is 4.58. The van der Waals surface area contributed by atoms with Gasteiger partial charge in [0, 0.05) is 0 Å². The first kappa shape index (κ1) is 18.5. The Hall–Kier alpha value is -2.89. The monoisotopic (exact) mass is 382 g/mol. The van der Waals surface area contributed by atoms with E-state index < -0.39 is 0 Å². The van der Waals surface area contributed by atoms with E-state index in [9.17, 15) is 0 Å². The summed E-state index contributed by atoms with van der Waals surface area (Å²) in [7, 11) is 0.642. The maximum Gasteiger partial charge on any atom is 0.127 e. The van der Waals surface area contributed by atoms with Crippen LogP contribution in [0.5, 0.6) is 11.5 Å². The van der Waals surface area contributed by atoms with Crippen LogP contribution < -0.4 is 15.3 Å². The maximum absolute atomic E-state index is 6.06. The quantitative estimate of drug-likeness (QED) is 0.363. The van der Waals surface area contributed by atoms with E-state index in [0.29, 0.717) is 8.58 Å². The van der Waals surface area contributed by atoms with Crippen molar-refractivity contribution in [2.75, 3.05) is 0 Å². The molecule has 2 heteroatoms. The number of aryl methyl sites for hydroxylation is 2. The number of benzene rings is 4. The Morgan fingerprint density at radius 1 is 0.607 bits per heavy atom. The molecule has 1 atom stereocenters. The lowest BCUT2D eigenvalue weighted by molar-refractivity contribution is 0.482. The van der Waals surface area contributed by atoms with Gasteiger partial charge in [0.15, 0.2) is 0 Å². The number of hydrogen-bond donors (Lipinski definition) is 0. The van der Waals surface area contributed by atoms with Gasteiger partial charge in [0.05, 0.1) is 0 Å². The van der Waals surface area contributed by atoms with Crippen molar-refractivity contribution in [3.05, 3.63) is 108 Å². The lowest BCUT2D eigenvalue weighted by Gasteiger charge is -2.12. The molecule has 0 bridgehead atoms. The van der Waals surface area contributed by atoms with Gasteiger partial charge in [0.1, 0.15) is 11.5 Å². The molecular weight excluding hydrogens is 359 g/mol. The van der Waals surface area contributed by atoms with Gasteiger partial charge in [-0.1, -0.05) is 81.4 Å². The fourth-order valence-electron chi connectivity index (χ4n) is 3.35. The second-order valence-corrected chi connectivity index (χ2v) is 8.35. The summed E-state index contributed by atoms with van der Waals surface area (Å²) in [5.41, 5.74) is 4.92. The Balaban J connectivity index is 1.57. The van der Waals surface area contributed by atoms with Gasteiger partial charge in [-0.05, 0) is 71.0 Å². The number of rotatable bonds is 5. The summed E-state index contributed by atoms with van der Waals surface area (Å²) < 4.78 is 6.06. The smallest absolute Gasteiger partial charge is 0.127 e. The lowest BCUT2D eigenvalue weighted by atomic mass is 10.1. The van der Waals surface area contributed by atoms with E-state index in [2.05, 4.69) is 111 Å². The average molecular weight is 382 g/mol. The summed E-state index contributed by atoms with van der Waals surface area (Å²) in [4.78, 5) is 0. The second-order valence-electron chi connectivity index (χ2n) is 6.99. The molecule has 0 aliphatic carbocycles. The van der Waals surface area contributed by atoms with E-state index in [1.165, 1.54) is 32.9 Å². The zero-order chi connectivity index (χ0) is 19.3. The van der Waals surface area contributed by atoms with Crippen LogP contribution in [0.1, 0.15) is 11.1 Å². The summed E-state index contributed by atoms with van der Waals surface area (Å²) in [6, 6.07) is 34.0. The molecule has 0 heterocycles. The lowest BCUT2D eigenvalue weighted by Crippen LogP contribution is -2.05. The molecule has 0 radical (unpaired) electrons. The van der Waals surface area contributed by atoms with Crippen molar-refractivity contribution in [3.8, 4) is 22.6 Å². The molecule has 4 rings (SSSR count). The highest BCUT2D eigenvalue weighted by Crippen LogP contribution is 2.28. The molecule has 1 unspecified atom stereocenters. The summed E-state index contributed by atoms with van der Waals surface area (Å²) in [6.45, 7) is 4.18. The van der Waals surface area contributed by atoms with Gasteiger partial charge >= 0.3 is 0 Å². The fraction of sp³-hybridized carbons (Fsp3) is 0.0769. The molecule has 1 nitrogen and oxygen atoms in total. The largest absolute Gasteiger partial charge is 0.457 e. The highest BCUT2D eigenvalue weighted by molar-refractivity contribution is 7.55. The first-order valence-electron chi connectivity index (χ1n) is 9.45. The van der Waals surface area contributed by atoms with Crippen LogP contribution in [0.2, 0.25) is 0 Å². The summed E-state index contributed by atoms with van der Waals surface area (Å²) in [6.07, 6.45) is 0. The van der Waals surface area contributed by atoms with Crippen LogP contribution in [0.3, 0.4) is 0 Å². The number of hydrogen-bond acceptors (Lipinski definition) is 1. The minimum absolute atomic E-state index is 0.642. The molecule has 138 valence electrons. The van der Waals surface area contributed by atoms with Crippen molar-refractivity contribution >= 4 is 19.2 Å². The van der Waals surface area contributed by atoms with E-state index >= 15 is 0 Å². The van der Waals surface area contributed by atoms with Gasteiger partial charge in [-0.3, -0.25) is 0 Å². The van der Waals surface area contributed by atoms with E-state index in [0.717, 1.165) is 11.5 Å². The molecule has 28 heavy (non-hydrogen) atoms. The molecule has 0 aromatic heterocycles. The van der Waals surface area contributed by atoms with Gasteiger partial charge in [-0.15, -0.1) is 0 Å². The SMILES string of the molecule is Cc1cc(C)cc(Oc2ccc(-c3ccccc3Pc3ccccc3)cc2)c1. The Morgan fingerprint density at radius 2 is 1.25 bits per heavy atom. The standard InChI is InChI=1S/C26H23OP/c1-19-16-20(2)18-23(17-19)27-22-14-12-21(13-15-22)25-10-6-7-11-26(25)28-24-8-4-3-5-9-24/h3-18,28H,1-2H3. The predicted molar refractivity (Wildman–Crippen MR) is 122 cm³/mol. The molecule has 4 aromatic rings. The highest BCUT2D eigenvalue weighted by Gasteiger charge is 2.07. The number of ether oxygens (including phenoxy) is 1. The Morgan fingerprint density at radius 3 is 1.96 bits per heavy atom. The molecule has 0 saturated carbocycles. The van der Waals surface area contributed by atoms with Crippen molar-refractivity contribution in [1.29, 1.82) is 0 Å². The molecule has 4 aromatic carbocycles. The summed E-state index contributed by atoms with van der Waals surface area (Å²) in [5.74, 6) is 1.74. The van der Waals surface area contributed by atoms with Crippen molar-refractivity contribution in [2.24, 2.45) is 0 Å². The van der Waals surface area contributed by atoms with Gasteiger partial charge in [0.2, 0.25) is 0 Å². The average Bonchev–Trinajstić information content (AvgIpc) is 2.69. The summed E-state index contributed by atoms with van der Waals surface area (Å²) in [5, 5.41) is 2.71. The minimum Gasteiger partial charge on any atom is -0.457 e. The molecule has 0 fully saturated rings. The van der Waals surface area contributed by atoms with Crippen LogP contribution in [-0.2, 0) is 0 Å². The zero-order valence-corrected chi connectivity index (χ0v) is 17.1. The van der Waals surface area contributed by atoms with Gasteiger partial charge in [-0.25, -0.2) is 0 Å². The molecule has 0 amide bonds. The van der Waals surface area contributed by atoms with Crippen LogP contribution in [0.25, 0.3) is 11.1 Å². The van der Waals surface area contributed by atoms with E-state index in [-0.39, 0.29) is 0 Å². The van der Waals surface area contributed by atoms with Crippen LogP contribution >= 0.6 is 8.58 Å². The topological polar surface area (TPSA) is 9.23 Å². The molecule has 0 N–H and O–H groups in total. The first-order valence-corrected chi connectivity index (χ1v) is 10.4. The maximum atomic E-state index is 6.06. The molecule has 0 spiro atoms. The third-order valence-corrected chi connectivity index (χ3v) is 5.90. The third kappa shape index (κ3) is 4.50. The Bertz CT molecular complexity index is 1050. The van der Waals surface area contributed by atoms with Gasteiger partial charge < -0.3 is 4.74 Å². The normalized spacial score (nSPS) is 11.1. The predicted octanol–water partition coefficient (Wildman–Crippen LogP) is 6.39. The first-order chi connectivity index (χ1) is 13.7. The highest BCUT2D eigenvalue weighted by atomic mass is 31.1. The van der Waals surface area contributed by atoms with E-state index in [1.807, 2.05) is 0 Å². The van der Waals surface area contributed by atoms with Crippen molar-refractivity contribution in [3.63, 3.8) is 0 Å². The Kier molecular flexibility index (Phi) is 5.55. The minimum atomic E-state index is 0.642. The van der Waals surface area contributed by atoms with Crippen LogP contribution in [0.4, 0.5) is 0 Å². The molecule has 0 aliphatic rings. The molecule has 0 saturated heterocycles. The van der Waals surface area contributed by atoms with E-state index in [4.69, 9.17) is 4.74 Å². The van der Waals surface area contributed by atoms with Crippen molar-refractivity contribution in [1.82, 2.24) is 0 Å². The second kappa shape index (κ2) is 8.42. The van der Waals surface area contributed by atoms with Crippen LogP contribution in [-0.4, -0.2) is 0 Å². The van der Waals surface area contributed by atoms with Gasteiger partial charge in [-0.2, -0.15) is 0 Å². The van der Waals surface area contributed by atoms with Crippen molar-refractivity contribution in [2.45, 2.75) is 13.8 Å². The fourth-order valence-corrected chi connectivity index (χ4v) is 4.56. The Labute approximate surface area is 168 Å². The van der Waals surface area contributed by atoms with Crippen molar-refractivity contribution < 1.29 is 4.74 Å². The van der Waals surface area contributed by atoms with Crippen LogP contribution in [0.15, 0.2) is 97.1 Å². The zero-order valence-electron chi connectivity index (χ0n) is 16.1.